The Morgan fingerprint density at radius 2 is 1.57 bits per heavy atom. The number of carbonyl (C=O) groups excluding carboxylic acids is 1. The van der Waals surface area contributed by atoms with Crippen LogP contribution in [0.5, 0.6) is 0 Å². The van der Waals surface area contributed by atoms with Crippen molar-refractivity contribution in [3.8, 4) is 0 Å². The number of anilines is 3. The number of hydrogen-bond acceptors (Lipinski definition) is 3. The average molecular weight is 382 g/mol. The molecule has 0 radical (unpaired) electrons. The maximum absolute atomic E-state index is 12.3. The van der Waals surface area contributed by atoms with Crippen molar-refractivity contribution in [3.05, 3.63) is 54.1 Å². The lowest BCUT2D eigenvalue weighted by molar-refractivity contribution is 0.0893. The van der Waals surface area contributed by atoms with Gasteiger partial charge in [-0.3, -0.25) is 0 Å². The Kier molecular flexibility index (Phi) is 6.25. The first-order valence-electron chi connectivity index (χ1n) is 9.91. The van der Waals surface area contributed by atoms with Gasteiger partial charge in [0.05, 0.1) is 6.10 Å². The number of rotatable bonds is 4. The first kappa shape index (κ1) is 20.2. The zero-order valence-electron chi connectivity index (χ0n) is 17.3. The molecule has 1 aliphatic heterocycles. The lowest BCUT2D eigenvalue weighted by atomic mass is 9.87. The van der Waals surface area contributed by atoms with E-state index in [2.05, 4.69) is 48.4 Å². The fraction of sp³-hybridized carbons (Fsp3) is 0.435. The summed E-state index contributed by atoms with van der Waals surface area (Å²) in [6.45, 7) is 8.47. The van der Waals surface area contributed by atoms with Gasteiger partial charge in [0.15, 0.2) is 0 Å². The van der Waals surface area contributed by atoms with Crippen LogP contribution in [0.2, 0.25) is 0 Å². The molecule has 0 aromatic heterocycles. The smallest absolute Gasteiger partial charge is 0.323 e. The van der Waals surface area contributed by atoms with Crippen LogP contribution >= 0.6 is 0 Å². The lowest BCUT2D eigenvalue weighted by Gasteiger charge is -2.33. The van der Waals surface area contributed by atoms with E-state index in [0.717, 1.165) is 43.0 Å². The van der Waals surface area contributed by atoms with Crippen molar-refractivity contribution in [2.45, 2.75) is 45.1 Å². The van der Waals surface area contributed by atoms with Gasteiger partial charge in [0.1, 0.15) is 0 Å². The summed E-state index contributed by atoms with van der Waals surface area (Å²) in [5, 5.41) is 5.78. The number of hydrogen-bond donors (Lipinski definition) is 2. The van der Waals surface area contributed by atoms with Gasteiger partial charge in [0, 0.05) is 37.3 Å². The molecule has 2 N–H and O–H groups in total. The van der Waals surface area contributed by atoms with Gasteiger partial charge in [-0.25, -0.2) is 4.79 Å². The van der Waals surface area contributed by atoms with Gasteiger partial charge in [0.2, 0.25) is 0 Å². The average Bonchev–Trinajstić information content (AvgIpc) is 2.68. The van der Waals surface area contributed by atoms with Crippen molar-refractivity contribution >= 4 is 23.1 Å². The minimum atomic E-state index is -0.242. The van der Waals surface area contributed by atoms with Gasteiger partial charge in [-0.2, -0.15) is 0 Å². The fourth-order valence-corrected chi connectivity index (χ4v) is 3.47. The molecule has 0 spiro atoms. The van der Waals surface area contributed by atoms with Crippen LogP contribution in [0, 0.1) is 0 Å². The van der Waals surface area contributed by atoms with Crippen LogP contribution in [0.25, 0.3) is 0 Å². The number of piperidine rings is 1. The largest absolute Gasteiger partial charge is 0.380 e. The zero-order chi connectivity index (χ0) is 20.1. The molecule has 1 atom stereocenters. The van der Waals surface area contributed by atoms with E-state index in [1.807, 2.05) is 36.4 Å². The van der Waals surface area contributed by atoms with Crippen LogP contribution in [0.1, 0.15) is 39.2 Å². The summed E-state index contributed by atoms with van der Waals surface area (Å²) in [6.07, 6.45) is 2.54. The fourth-order valence-electron chi connectivity index (χ4n) is 3.47. The van der Waals surface area contributed by atoms with Crippen molar-refractivity contribution in [1.82, 2.24) is 0 Å². The summed E-state index contributed by atoms with van der Waals surface area (Å²) in [7, 11) is 1.77. The Balaban J connectivity index is 1.55. The molecule has 2 amide bonds. The van der Waals surface area contributed by atoms with Crippen LogP contribution in [0.3, 0.4) is 0 Å². The molecule has 28 heavy (non-hydrogen) atoms. The van der Waals surface area contributed by atoms with E-state index in [-0.39, 0.29) is 11.4 Å². The molecule has 2 aromatic carbocycles. The summed E-state index contributed by atoms with van der Waals surface area (Å²) < 4.78 is 5.49. The molecule has 1 heterocycles. The number of urea groups is 1. The Morgan fingerprint density at radius 1 is 1.00 bits per heavy atom. The Bertz CT molecular complexity index is 779. The summed E-state index contributed by atoms with van der Waals surface area (Å²) in [4.78, 5) is 14.6. The quantitative estimate of drug-likeness (QED) is 0.761. The number of amides is 2. The molecule has 0 saturated carbocycles. The predicted octanol–water partition coefficient (Wildman–Crippen LogP) is 5.24. The highest BCUT2D eigenvalue weighted by atomic mass is 16.5. The third-order valence-corrected chi connectivity index (χ3v) is 5.21. The summed E-state index contributed by atoms with van der Waals surface area (Å²) in [6, 6.07) is 15.7. The second-order valence-corrected chi connectivity index (χ2v) is 8.40. The molecular weight excluding hydrogens is 350 g/mol. The second kappa shape index (κ2) is 8.65. The van der Waals surface area contributed by atoms with Crippen molar-refractivity contribution in [2.75, 3.05) is 35.7 Å². The van der Waals surface area contributed by atoms with Gasteiger partial charge in [-0.1, -0.05) is 32.9 Å². The van der Waals surface area contributed by atoms with E-state index in [0.29, 0.717) is 6.10 Å². The zero-order valence-corrected chi connectivity index (χ0v) is 17.3. The normalized spacial score (nSPS) is 17.3. The maximum Gasteiger partial charge on any atom is 0.323 e. The van der Waals surface area contributed by atoms with Gasteiger partial charge >= 0.3 is 6.03 Å². The first-order valence-corrected chi connectivity index (χ1v) is 9.91. The molecule has 2 aromatic rings. The summed E-state index contributed by atoms with van der Waals surface area (Å²) >= 11 is 0. The highest BCUT2D eigenvalue weighted by Crippen LogP contribution is 2.24. The molecule has 150 valence electrons. The van der Waals surface area contributed by atoms with Gasteiger partial charge in [-0.15, -0.1) is 0 Å². The van der Waals surface area contributed by atoms with Crippen LogP contribution in [0.15, 0.2) is 48.5 Å². The molecule has 1 fully saturated rings. The molecule has 1 aliphatic rings. The number of ether oxygens (including phenoxy) is 1. The molecule has 1 unspecified atom stereocenters. The topological polar surface area (TPSA) is 53.6 Å². The van der Waals surface area contributed by atoms with Crippen molar-refractivity contribution in [1.29, 1.82) is 0 Å². The molecule has 5 nitrogen and oxygen atoms in total. The maximum atomic E-state index is 12.3. The Labute approximate surface area is 168 Å². The molecule has 1 saturated heterocycles. The number of carbonyl (C=O) groups is 1. The highest BCUT2D eigenvalue weighted by Gasteiger charge is 2.19. The third kappa shape index (κ3) is 5.26. The lowest BCUT2D eigenvalue weighted by Crippen LogP contribution is -2.39. The summed E-state index contributed by atoms with van der Waals surface area (Å²) in [5.41, 5.74) is 4.04. The van der Waals surface area contributed by atoms with E-state index in [9.17, 15) is 4.79 Å². The monoisotopic (exact) mass is 381 g/mol. The van der Waals surface area contributed by atoms with Gasteiger partial charge in [0.25, 0.3) is 0 Å². The molecule has 3 rings (SSSR count). The number of benzene rings is 2. The van der Waals surface area contributed by atoms with Gasteiger partial charge in [-0.05, 0) is 60.2 Å². The molecule has 0 bridgehead atoms. The van der Waals surface area contributed by atoms with Crippen molar-refractivity contribution < 1.29 is 9.53 Å². The van der Waals surface area contributed by atoms with Crippen molar-refractivity contribution in [3.63, 3.8) is 0 Å². The molecule has 0 aliphatic carbocycles. The Morgan fingerprint density at radius 3 is 2.11 bits per heavy atom. The number of nitrogens with zero attached hydrogens (tertiary/aromatic N) is 1. The second-order valence-electron chi connectivity index (χ2n) is 8.40. The third-order valence-electron chi connectivity index (χ3n) is 5.21. The minimum Gasteiger partial charge on any atom is -0.380 e. The van der Waals surface area contributed by atoms with Crippen LogP contribution < -0.4 is 15.5 Å². The van der Waals surface area contributed by atoms with Crippen molar-refractivity contribution in [2.24, 2.45) is 0 Å². The van der Waals surface area contributed by atoms with Crippen LogP contribution in [-0.4, -0.2) is 32.3 Å². The number of methoxy groups -OCH3 is 1. The van der Waals surface area contributed by atoms with Crippen LogP contribution in [0.4, 0.5) is 21.9 Å². The molecular formula is C23H31N3O2. The van der Waals surface area contributed by atoms with E-state index in [4.69, 9.17) is 4.74 Å². The van der Waals surface area contributed by atoms with E-state index >= 15 is 0 Å². The minimum absolute atomic E-state index is 0.0974. The molecule has 5 heteroatoms. The standard InChI is InChI=1S/C23H31N3O2/c1-23(2,3)17-7-9-18(10-8-17)24-22(27)25-19-11-13-20(14-12-19)26-15-5-6-21(16-26)28-4/h7-14,21H,5-6,15-16H2,1-4H3,(H2,24,25,27). The van der Waals surface area contributed by atoms with E-state index in [1.165, 1.54) is 5.56 Å². The summed E-state index contributed by atoms with van der Waals surface area (Å²) in [5.74, 6) is 0. The van der Waals surface area contributed by atoms with E-state index < -0.39 is 0 Å². The SMILES string of the molecule is COC1CCCN(c2ccc(NC(=O)Nc3ccc(C(C)(C)C)cc3)cc2)C1. The highest BCUT2D eigenvalue weighted by molar-refractivity contribution is 5.99. The predicted molar refractivity (Wildman–Crippen MR) is 116 cm³/mol. The van der Waals surface area contributed by atoms with Gasteiger partial charge < -0.3 is 20.3 Å². The van der Waals surface area contributed by atoms with E-state index in [1.54, 1.807) is 7.11 Å². The Hall–Kier alpha value is -2.53. The first-order chi connectivity index (χ1) is 13.3. The number of nitrogens with one attached hydrogen (secondary N) is 2. The van der Waals surface area contributed by atoms with Crippen LogP contribution in [-0.2, 0) is 10.2 Å².